The monoisotopic (exact) mass is 289 g/mol. The SMILES string of the molecule is CC1OCCC1N(C)S(=O)(=O)c1cnn(CCO)c1. The molecule has 0 spiro atoms. The topological polar surface area (TPSA) is 84.7 Å². The van der Waals surface area contributed by atoms with Crippen LogP contribution in [0.5, 0.6) is 0 Å². The van der Waals surface area contributed by atoms with Crippen LogP contribution in [0.1, 0.15) is 13.3 Å². The Bertz CT molecular complexity index is 528. The molecule has 0 aromatic carbocycles. The number of hydrogen-bond acceptors (Lipinski definition) is 5. The first-order valence-corrected chi connectivity index (χ1v) is 7.64. The summed E-state index contributed by atoms with van der Waals surface area (Å²) in [5, 5.41) is 12.7. The van der Waals surface area contributed by atoms with Gasteiger partial charge in [0.25, 0.3) is 0 Å². The summed E-state index contributed by atoms with van der Waals surface area (Å²) in [7, 11) is -2.00. The lowest BCUT2D eigenvalue weighted by molar-refractivity contribution is 0.102. The van der Waals surface area contributed by atoms with Crippen LogP contribution in [-0.2, 0) is 21.3 Å². The van der Waals surface area contributed by atoms with Crippen LogP contribution in [0, 0.1) is 0 Å². The van der Waals surface area contributed by atoms with E-state index < -0.39 is 10.0 Å². The second-order valence-electron chi connectivity index (χ2n) is 4.62. The van der Waals surface area contributed by atoms with Gasteiger partial charge in [0.1, 0.15) is 4.90 Å². The van der Waals surface area contributed by atoms with Crippen molar-refractivity contribution in [2.45, 2.75) is 36.9 Å². The van der Waals surface area contributed by atoms with E-state index in [4.69, 9.17) is 9.84 Å². The summed E-state index contributed by atoms with van der Waals surface area (Å²) in [6, 6.07) is -0.147. The second-order valence-corrected chi connectivity index (χ2v) is 6.61. The van der Waals surface area contributed by atoms with Gasteiger partial charge in [0.15, 0.2) is 0 Å². The first-order valence-electron chi connectivity index (χ1n) is 6.19. The van der Waals surface area contributed by atoms with Gasteiger partial charge in [0, 0.05) is 19.9 Å². The van der Waals surface area contributed by atoms with E-state index in [9.17, 15) is 8.42 Å². The van der Waals surface area contributed by atoms with E-state index in [0.717, 1.165) is 0 Å². The Balaban J connectivity index is 2.20. The molecule has 0 amide bonds. The summed E-state index contributed by atoms with van der Waals surface area (Å²) in [4.78, 5) is 0.141. The first kappa shape index (κ1) is 14.4. The molecule has 0 saturated carbocycles. The van der Waals surface area contributed by atoms with Crippen molar-refractivity contribution in [3.8, 4) is 0 Å². The number of nitrogens with zero attached hydrogens (tertiary/aromatic N) is 3. The lowest BCUT2D eigenvalue weighted by Crippen LogP contribution is -2.40. The molecule has 1 aliphatic rings. The van der Waals surface area contributed by atoms with Crippen LogP contribution in [0.15, 0.2) is 17.3 Å². The lowest BCUT2D eigenvalue weighted by Gasteiger charge is -2.25. The van der Waals surface area contributed by atoms with Gasteiger partial charge in [-0.3, -0.25) is 4.68 Å². The molecule has 1 aromatic rings. The summed E-state index contributed by atoms with van der Waals surface area (Å²) in [5.74, 6) is 0. The molecule has 1 aromatic heterocycles. The molecule has 19 heavy (non-hydrogen) atoms. The maximum atomic E-state index is 12.4. The maximum absolute atomic E-state index is 12.4. The van der Waals surface area contributed by atoms with E-state index in [1.165, 1.54) is 21.4 Å². The number of hydrogen-bond donors (Lipinski definition) is 1. The van der Waals surface area contributed by atoms with E-state index in [0.29, 0.717) is 13.0 Å². The lowest BCUT2D eigenvalue weighted by atomic mass is 10.2. The quantitative estimate of drug-likeness (QED) is 0.802. The minimum absolute atomic E-state index is 0.0789. The number of rotatable bonds is 5. The highest BCUT2D eigenvalue weighted by Crippen LogP contribution is 2.24. The zero-order valence-corrected chi connectivity index (χ0v) is 11.9. The van der Waals surface area contributed by atoms with Crippen LogP contribution in [0.2, 0.25) is 0 Å². The van der Waals surface area contributed by atoms with Gasteiger partial charge in [-0.05, 0) is 13.3 Å². The predicted molar refractivity (Wildman–Crippen MR) is 68.1 cm³/mol. The van der Waals surface area contributed by atoms with Crippen LogP contribution in [0.3, 0.4) is 0 Å². The molecular weight excluding hydrogens is 270 g/mol. The van der Waals surface area contributed by atoms with Gasteiger partial charge < -0.3 is 9.84 Å². The Kier molecular flexibility index (Phi) is 4.24. The van der Waals surface area contributed by atoms with E-state index in [-0.39, 0.29) is 30.2 Å². The third kappa shape index (κ3) is 2.81. The minimum atomic E-state index is -3.56. The van der Waals surface area contributed by atoms with Crippen molar-refractivity contribution in [3.05, 3.63) is 12.4 Å². The Hall–Kier alpha value is -0.960. The zero-order chi connectivity index (χ0) is 14.0. The number of aromatic nitrogens is 2. The number of aliphatic hydroxyl groups is 1. The van der Waals surface area contributed by atoms with Crippen LogP contribution in [0.25, 0.3) is 0 Å². The van der Waals surface area contributed by atoms with Gasteiger partial charge in [0.2, 0.25) is 10.0 Å². The zero-order valence-electron chi connectivity index (χ0n) is 11.1. The molecule has 1 fully saturated rings. The van der Waals surface area contributed by atoms with Crippen molar-refractivity contribution in [1.82, 2.24) is 14.1 Å². The van der Waals surface area contributed by atoms with Crippen molar-refractivity contribution in [1.29, 1.82) is 0 Å². The second kappa shape index (κ2) is 5.58. The Morgan fingerprint density at radius 3 is 2.95 bits per heavy atom. The van der Waals surface area contributed by atoms with Gasteiger partial charge in [0.05, 0.1) is 31.5 Å². The summed E-state index contributed by atoms with van der Waals surface area (Å²) in [5.41, 5.74) is 0. The van der Waals surface area contributed by atoms with Gasteiger partial charge >= 0.3 is 0 Å². The van der Waals surface area contributed by atoms with Crippen molar-refractivity contribution in [2.24, 2.45) is 0 Å². The summed E-state index contributed by atoms with van der Waals surface area (Å²) in [6.45, 7) is 2.65. The molecule has 1 aliphatic heterocycles. The molecule has 7 nitrogen and oxygen atoms in total. The molecule has 2 rings (SSSR count). The smallest absolute Gasteiger partial charge is 0.246 e. The maximum Gasteiger partial charge on any atom is 0.246 e. The number of aliphatic hydroxyl groups excluding tert-OH is 1. The van der Waals surface area contributed by atoms with Crippen LogP contribution in [-0.4, -0.2) is 60.0 Å². The molecule has 2 atom stereocenters. The molecule has 0 radical (unpaired) electrons. The number of sulfonamides is 1. The normalized spacial score (nSPS) is 24.2. The molecule has 8 heteroatoms. The van der Waals surface area contributed by atoms with Crippen molar-refractivity contribution in [2.75, 3.05) is 20.3 Å². The Morgan fingerprint density at radius 1 is 1.63 bits per heavy atom. The number of ether oxygens (including phenoxy) is 1. The standard InChI is InChI=1S/C11H19N3O4S/c1-9-11(3-6-18-9)13(2)19(16,17)10-7-12-14(8-10)4-5-15/h7-9,11,15H,3-6H2,1-2H3. The third-order valence-corrected chi connectivity index (χ3v) is 5.25. The Labute approximate surface area is 112 Å². The first-order chi connectivity index (χ1) is 8.96. The van der Waals surface area contributed by atoms with E-state index >= 15 is 0 Å². The van der Waals surface area contributed by atoms with Gasteiger partial charge in [-0.1, -0.05) is 0 Å². The molecule has 2 heterocycles. The average molecular weight is 289 g/mol. The molecule has 108 valence electrons. The molecule has 2 unspecified atom stereocenters. The fourth-order valence-corrected chi connectivity index (χ4v) is 3.65. The average Bonchev–Trinajstić information content (AvgIpc) is 2.98. The molecule has 0 bridgehead atoms. The van der Waals surface area contributed by atoms with Crippen molar-refractivity contribution >= 4 is 10.0 Å². The minimum Gasteiger partial charge on any atom is -0.394 e. The number of likely N-dealkylation sites (N-methyl/N-ethyl adjacent to an activating group) is 1. The largest absolute Gasteiger partial charge is 0.394 e. The highest BCUT2D eigenvalue weighted by atomic mass is 32.2. The highest BCUT2D eigenvalue weighted by molar-refractivity contribution is 7.89. The van der Waals surface area contributed by atoms with Crippen molar-refractivity contribution in [3.63, 3.8) is 0 Å². The predicted octanol–water partition coefficient (Wildman–Crippen LogP) is -0.327. The van der Waals surface area contributed by atoms with E-state index in [2.05, 4.69) is 5.10 Å². The Morgan fingerprint density at radius 2 is 2.37 bits per heavy atom. The van der Waals surface area contributed by atoms with Crippen LogP contribution >= 0.6 is 0 Å². The van der Waals surface area contributed by atoms with Gasteiger partial charge in [-0.25, -0.2) is 8.42 Å². The fourth-order valence-electron chi connectivity index (χ4n) is 2.24. The van der Waals surface area contributed by atoms with Gasteiger partial charge in [-0.2, -0.15) is 9.40 Å². The summed E-state index contributed by atoms with van der Waals surface area (Å²) >= 11 is 0. The summed E-state index contributed by atoms with van der Waals surface area (Å²) in [6.07, 6.45) is 3.33. The van der Waals surface area contributed by atoms with Crippen LogP contribution < -0.4 is 0 Å². The third-order valence-electron chi connectivity index (χ3n) is 3.42. The van der Waals surface area contributed by atoms with Crippen molar-refractivity contribution < 1.29 is 18.3 Å². The van der Waals surface area contributed by atoms with E-state index in [1.807, 2.05) is 6.92 Å². The molecule has 0 aliphatic carbocycles. The summed E-state index contributed by atoms with van der Waals surface area (Å²) < 4.78 is 33.0. The molecule has 1 saturated heterocycles. The molecule has 1 N–H and O–H groups in total. The van der Waals surface area contributed by atoms with E-state index in [1.54, 1.807) is 7.05 Å². The fraction of sp³-hybridized carbons (Fsp3) is 0.727. The molecular formula is C11H19N3O4S. The van der Waals surface area contributed by atoms with Gasteiger partial charge in [-0.15, -0.1) is 0 Å². The van der Waals surface area contributed by atoms with Crippen LogP contribution in [0.4, 0.5) is 0 Å². The highest BCUT2D eigenvalue weighted by Gasteiger charge is 2.35.